The number of halogens is 3. The number of hydrogen-bond acceptors (Lipinski definition) is 6. The van der Waals surface area contributed by atoms with Gasteiger partial charge in [0.1, 0.15) is 17.8 Å². The van der Waals surface area contributed by atoms with Gasteiger partial charge in [0.2, 0.25) is 0 Å². The summed E-state index contributed by atoms with van der Waals surface area (Å²) in [6, 6.07) is 18.2. The normalized spacial score (nSPS) is 14.5. The Morgan fingerprint density at radius 2 is 1.80 bits per heavy atom. The number of nitrogens with one attached hydrogen (secondary N) is 1. The molecule has 0 radical (unpaired) electrons. The summed E-state index contributed by atoms with van der Waals surface area (Å²) in [6.45, 7) is 4.99. The van der Waals surface area contributed by atoms with E-state index in [-0.39, 0.29) is 5.75 Å². The number of aliphatic imine (C=N–C) groups is 1. The number of carbonyl (C=O) groups is 1. The summed E-state index contributed by atoms with van der Waals surface area (Å²) in [5.41, 5.74) is 4.24. The first-order valence-electron chi connectivity index (χ1n) is 13.6. The van der Waals surface area contributed by atoms with Crippen molar-refractivity contribution < 1.29 is 27.4 Å². The Bertz CT molecular complexity index is 1670. The Labute approximate surface area is 256 Å². The van der Waals surface area contributed by atoms with Crippen LogP contribution in [0.25, 0.3) is 23.2 Å². The lowest BCUT2D eigenvalue weighted by Crippen LogP contribution is -2.27. The predicted molar refractivity (Wildman–Crippen MR) is 165 cm³/mol. The van der Waals surface area contributed by atoms with Gasteiger partial charge in [-0.25, -0.2) is 14.5 Å². The molecule has 0 unspecified atom stereocenters. The summed E-state index contributed by atoms with van der Waals surface area (Å²) in [5.74, 6) is 1.98. The summed E-state index contributed by atoms with van der Waals surface area (Å²) in [7, 11) is 1.63. The molecule has 13 heteroatoms. The number of nitrogens with zero attached hydrogens (tertiary/aromatic N) is 5. The molecular formula is C31H29F3N6O3S. The first-order chi connectivity index (χ1) is 21.1. The minimum absolute atomic E-state index is 0.292. The average Bonchev–Trinajstić information content (AvgIpc) is 3.67. The van der Waals surface area contributed by atoms with Crippen LogP contribution in [0.2, 0.25) is 0 Å². The fraction of sp³-hybridized carbons (Fsp3) is 0.226. The maximum Gasteiger partial charge on any atom is 0.573 e. The van der Waals surface area contributed by atoms with Gasteiger partial charge in [-0.3, -0.25) is 0 Å². The number of carbonyl (C=O) groups excluding carboxylic acids is 1. The van der Waals surface area contributed by atoms with Gasteiger partial charge in [-0.05, 0) is 53.5 Å². The minimum atomic E-state index is -4.75. The van der Waals surface area contributed by atoms with E-state index in [0.717, 1.165) is 40.4 Å². The number of rotatable bonds is 8. The SMILES string of the molecule is COc1ccc(C(C)C)c(N2CCSC2=NC(=O)N/C=C/c2ccc(-c3ncn(-c4ccc(OC(F)(F)F)cc4)n3)cc2)c1. The largest absolute Gasteiger partial charge is 0.573 e. The number of methoxy groups -OCH3 is 1. The highest BCUT2D eigenvalue weighted by Crippen LogP contribution is 2.35. The molecule has 0 aliphatic carbocycles. The van der Waals surface area contributed by atoms with Gasteiger partial charge >= 0.3 is 12.4 Å². The monoisotopic (exact) mass is 622 g/mol. The van der Waals surface area contributed by atoms with E-state index in [1.807, 2.05) is 42.5 Å². The summed E-state index contributed by atoms with van der Waals surface area (Å²) in [5, 5.41) is 7.75. The Hall–Kier alpha value is -4.78. The van der Waals surface area contributed by atoms with Crippen LogP contribution in [0, 0.1) is 0 Å². The number of amidine groups is 1. The van der Waals surface area contributed by atoms with E-state index in [1.165, 1.54) is 53.2 Å². The van der Waals surface area contributed by atoms with Crippen LogP contribution in [-0.4, -0.2) is 51.7 Å². The highest BCUT2D eigenvalue weighted by molar-refractivity contribution is 8.14. The third-order valence-electron chi connectivity index (χ3n) is 6.60. The first kappa shape index (κ1) is 30.7. The molecule has 228 valence electrons. The molecule has 1 saturated heterocycles. The first-order valence-corrected chi connectivity index (χ1v) is 14.6. The highest BCUT2D eigenvalue weighted by Gasteiger charge is 2.31. The maximum atomic E-state index is 12.7. The second-order valence-electron chi connectivity index (χ2n) is 9.93. The summed E-state index contributed by atoms with van der Waals surface area (Å²) < 4.78 is 48.0. The van der Waals surface area contributed by atoms with Gasteiger partial charge in [0.05, 0.1) is 12.8 Å². The van der Waals surface area contributed by atoms with Crippen LogP contribution in [0.15, 0.2) is 84.2 Å². The number of aromatic nitrogens is 3. The molecule has 0 spiro atoms. The number of thioether (sulfide) groups is 1. The lowest BCUT2D eigenvalue weighted by Gasteiger charge is -2.23. The quantitative estimate of drug-likeness (QED) is 0.221. The van der Waals surface area contributed by atoms with Gasteiger partial charge in [-0.1, -0.05) is 55.9 Å². The van der Waals surface area contributed by atoms with Crippen LogP contribution in [-0.2, 0) is 0 Å². The second kappa shape index (κ2) is 13.2. The number of anilines is 1. The fourth-order valence-corrected chi connectivity index (χ4v) is 5.43. The molecule has 1 aromatic heterocycles. The standard InChI is InChI=1S/C31H29F3N6O3S/c1-20(2)26-13-12-25(42-3)18-27(26)39-16-17-44-30(39)37-29(41)35-15-14-21-4-6-22(7-5-21)28-36-19-40(38-28)23-8-10-24(11-9-23)43-31(32,33)34/h4-15,18-20H,16-17H2,1-3H3,(H,35,41)/b15-14+,37-30?. The van der Waals surface area contributed by atoms with E-state index < -0.39 is 12.4 Å². The summed E-state index contributed by atoms with van der Waals surface area (Å²) in [4.78, 5) is 23.3. The highest BCUT2D eigenvalue weighted by atomic mass is 32.2. The van der Waals surface area contributed by atoms with Crippen molar-refractivity contribution in [2.24, 2.45) is 4.99 Å². The van der Waals surface area contributed by atoms with E-state index in [1.54, 1.807) is 13.2 Å². The zero-order valence-electron chi connectivity index (χ0n) is 24.1. The van der Waals surface area contributed by atoms with Crippen molar-refractivity contribution in [2.45, 2.75) is 26.1 Å². The molecule has 3 aromatic carbocycles. The smallest absolute Gasteiger partial charge is 0.497 e. The molecule has 0 atom stereocenters. The predicted octanol–water partition coefficient (Wildman–Crippen LogP) is 7.25. The van der Waals surface area contributed by atoms with Crippen molar-refractivity contribution >= 4 is 34.7 Å². The van der Waals surface area contributed by atoms with Crippen molar-refractivity contribution in [3.05, 3.63) is 90.4 Å². The molecule has 44 heavy (non-hydrogen) atoms. The number of alkyl halides is 3. The van der Waals surface area contributed by atoms with Gasteiger partial charge in [0.25, 0.3) is 0 Å². The Morgan fingerprint density at radius 1 is 1.07 bits per heavy atom. The van der Waals surface area contributed by atoms with Crippen molar-refractivity contribution in [3.63, 3.8) is 0 Å². The van der Waals surface area contributed by atoms with Crippen LogP contribution in [0.3, 0.4) is 0 Å². The van der Waals surface area contributed by atoms with Crippen LogP contribution in [0.5, 0.6) is 11.5 Å². The van der Waals surface area contributed by atoms with Crippen molar-refractivity contribution in [2.75, 3.05) is 24.3 Å². The topological polar surface area (TPSA) is 93.9 Å². The molecule has 9 nitrogen and oxygen atoms in total. The number of amides is 2. The van der Waals surface area contributed by atoms with Crippen molar-refractivity contribution in [1.29, 1.82) is 0 Å². The van der Waals surface area contributed by atoms with E-state index in [9.17, 15) is 18.0 Å². The minimum Gasteiger partial charge on any atom is -0.497 e. The molecule has 2 heterocycles. The third kappa shape index (κ3) is 7.59. The Balaban J connectivity index is 1.20. The fourth-order valence-electron chi connectivity index (χ4n) is 4.48. The summed E-state index contributed by atoms with van der Waals surface area (Å²) >= 11 is 1.53. The zero-order chi connectivity index (χ0) is 31.3. The molecule has 5 rings (SSSR count). The lowest BCUT2D eigenvalue weighted by molar-refractivity contribution is -0.274. The van der Waals surface area contributed by atoms with E-state index in [4.69, 9.17) is 4.74 Å². The summed E-state index contributed by atoms with van der Waals surface area (Å²) in [6.07, 6.45) is 0.00381. The maximum absolute atomic E-state index is 12.7. The molecule has 0 saturated carbocycles. The molecule has 1 aliphatic rings. The number of benzene rings is 3. The number of ether oxygens (including phenoxy) is 2. The molecule has 1 N–H and O–H groups in total. The molecule has 2 amide bonds. The van der Waals surface area contributed by atoms with E-state index >= 15 is 0 Å². The van der Waals surface area contributed by atoms with Crippen LogP contribution in [0.4, 0.5) is 23.7 Å². The molecule has 1 aliphatic heterocycles. The van der Waals surface area contributed by atoms with Gasteiger partial charge in [0.15, 0.2) is 11.0 Å². The van der Waals surface area contributed by atoms with Crippen LogP contribution < -0.4 is 19.7 Å². The van der Waals surface area contributed by atoms with Crippen molar-refractivity contribution in [1.82, 2.24) is 20.1 Å². The molecule has 4 aromatic rings. The third-order valence-corrected chi connectivity index (χ3v) is 7.56. The Morgan fingerprint density at radius 3 is 2.48 bits per heavy atom. The van der Waals surface area contributed by atoms with Gasteiger partial charge in [-0.15, -0.1) is 18.3 Å². The van der Waals surface area contributed by atoms with Crippen molar-refractivity contribution in [3.8, 4) is 28.6 Å². The second-order valence-corrected chi connectivity index (χ2v) is 11.0. The number of urea groups is 1. The average molecular weight is 623 g/mol. The molecular weight excluding hydrogens is 593 g/mol. The van der Waals surface area contributed by atoms with E-state index in [2.05, 4.69) is 43.9 Å². The van der Waals surface area contributed by atoms with Crippen LogP contribution in [0.1, 0.15) is 30.9 Å². The van der Waals surface area contributed by atoms with E-state index in [0.29, 0.717) is 22.6 Å². The van der Waals surface area contributed by atoms with Gasteiger partial charge in [-0.2, -0.15) is 4.99 Å². The molecule has 1 fully saturated rings. The van der Waals surface area contributed by atoms with Gasteiger partial charge in [0, 0.05) is 35.8 Å². The lowest BCUT2D eigenvalue weighted by atomic mass is 10.00. The number of hydrogen-bond donors (Lipinski definition) is 1. The Kier molecular flexibility index (Phi) is 9.23. The zero-order valence-corrected chi connectivity index (χ0v) is 24.9. The van der Waals surface area contributed by atoms with Gasteiger partial charge < -0.3 is 19.7 Å². The molecule has 0 bridgehead atoms. The van der Waals surface area contributed by atoms with Crippen LogP contribution >= 0.6 is 11.8 Å².